The second-order valence-corrected chi connectivity index (χ2v) is 5.04. The summed E-state index contributed by atoms with van der Waals surface area (Å²) in [7, 11) is 0. The molecule has 0 aromatic rings. The number of esters is 1. The number of amides is 1. The summed E-state index contributed by atoms with van der Waals surface area (Å²) in [6, 6.07) is 0.207. The van der Waals surface area contributed by atoms with E-state index in [1.807, 2.05) is 6.92 Å². The summed E-state index contributed by atoms with van der Waals surface area (Å²) in [5.41, 5.74) is 0. The lowest BCUT2D eigenvalue weighted by atomic mass is 9.86. The van der Waals surface area contributed by atoms with Gasteiger partial charge in [-0.2, -0.15) is 0 Å². The highest BCUT2D eigenvalue weighted by Crippen LogP contribution is 2.25. The highest BCUT2D eigenvalue weighted by Gasteiger charge is 2.27. The van der Waals surface area contributed by atoms with Gasteiger partial charge in [0.1, 0.15) is 0 Å². The van der Waals surface area contributed by atoms with Crippen molar-refractivity contribution in [3.05, 3.63) is 0 Å². The van der Waals surface area contributed by atoms with Crippen LogP contribution in [0.2, 0.25) is 0 Å². The molecule has 5 heteroatoms. The molecule has 1 fully saturated rings. The van der Waals surface area contributed by atoms with E-state index in [0.717, 1.165) is 25.7 Å². The van der Waals surface area contributed by atoms with Crippen LogP contribution in [-0.2, 0) is 14.3 Å². The van der Waals surface area contributed by atoms with Crippen molar-refractivity contribution in [2.24, 2.45) is 5.92 Å². The van der Waals surface area contributed by atoms with E-state index in [1.165, 1.54) is 0 Å². The molecule has 0 aromatic heterocycles. The third-order valence-electron chi connectivity index (χ3n) is 3.25. The van der Waals surface area contributed by atoms with Gasteiger partial charge in [-0.3, -0.25) is 9.59 Å². The molecule has 0 radical (unpaired) electrons. The fourth-order valence-corrected chi connectivity index (χ4v) is 2.39. The smallest absolute Gasteiger partial charge is 0.308 e. The lowest BCUT2D eigenvalue weighted by Gasteiger charge is -2.27. The maximum Gasteiger partial charge on any atom is 0.308 e. The molecule has 1 amide bonds. The quantitative estimate of drug-likeness (QED) is 0.597. The Kier molecular flexibility index (Phi) is 7.09. The van der Waals surface area contributed by atoms with Crippen LogP contribution in [0.4, 0.5) is 0 Å². The Bertz CT molecular complexity index is 275. The number of halogens is 1. The van der Waals surface area contributed by atoms with Crippen molar-refractivity contribution in [2.75, 3.05) is 12.5 Å². The molecule has 0 atom stereocenters. The molecule has 0 bridgehead atoms. The minimum absolute atomic E-state index is 0.0148. The first-order valence-electron chi connectivity index (χ1n) is 6.69. The number of hydrogen-bond acceptors (Lipinski definition) is 3. The van der Waals surface area contributed by atoms with Gasteiger partial charge in [0.05, 0.1) is 12.5 Å². The monoisotopic (exact) mass is 275 g/mol. The third kappa shape index (κ3) is 5.25. The maximum absolute atomic E-state index is 11.5. The predicted molar refractivity (Wildman–Crippen MR) is 70.5 cm³/mol. The molecule has 4 nitrogen and oxygen atoms in total. The summed E-state index contributed by atoms with van der Waals surface area (Å²) >= 11 is 5.54. The summed E-state index contributed by atoms with van der Waals surface area (Å²) in [5, 5.41) is 3.00. The predicted octanol–water partition coefficient (Wildman–Crippen LogP) is 2.24. The second kappa shape index (κ2) is 8.35. The van der Waals surface area contributed by atoms with Gasteiger partial charge in [0, 0.05) is 18.3 Å². The summed E-state index contributed by atoms with van der Waals surface area (Å²) in [6.07, 6.45) is 4.53. The van der Waals surface area contributed by atoms with E-state index in [9.17, 15) is 9.59 Å². The molecule has 104 valence electrons. The molecule has 0 aromatic carbocycles. The first-order chi connectivity index (χ1) is 8.67. The molecule has 18 heavy (non-hydrogen) atoms. The number of carbonyl (C=O) groups is 2. The van der Waals surface area contributed by atoms with Gasteiger partial charge in [0.2, 0.25) is 5.91 Å². The Morgan fingerprint density at radius 1 is 1.28 bits per heavy atom. The largest absolute Gasteiger partial charge is 0.466 e. The van der Waals surface area contributed by atoms with Gasteiger partial charge in [0.15, 0.2) is 0 Å². The molecular formula is C13H22ClNO3. The molecular weight excluding hydrogens is 254 g/mol. The summed E-state index contributed by atoms with van der Waals surface area (Å²) < 4.78 is 5.01. The standard InChI is InChI=1S/C13H22ClNO3/c1-2-18-13(17)10-5-7-11(8-6-10)15-12(16)4-3-9-14/h10-11H,2-9H2,1H3,(H,15,16). The van der Waals surface area contributed by atoms with Crippen LogP contribution in [-0.4, -0.2) is 30.4 Å². The lowest BCUT2D eigenvalue weighted by molar-refractivity contribution is -0.149. The lowest BCUT2D eigenvalue weighted by Crippen LogP contribution is -2.38. The van der Waals surface area contributed by atoms with Crippen LogP contribution in [0.15, 0.2) is 0 Å². The van der Waals surface area contributed by atoms with Crippen LogP contribution in [0.25, 0.3) is 0 Å². The third-order valence-corrected chi connectivity index (χ3v) is 3.52. The molecule has 1 saturated carbocycles. The van der Waals surface area contributed by atoms with Crippen LogP contribution >= 0.6 is 11.6 Å². The number of ether oxygens (including phenoxy) is 1. The van der Waals surface area contributed by atoms with Gasteiger partial charge in [-0.15, -0.1) is 11.6 Å². The van der Waals surface area contributed by atoms with Crippen molar-refractivity contribution in [3.8, 4) is 0 Å². The van der Waals surface area contributed by atoms with Crippen LogP contribution in [0, 0.1) is 5.92 Å². The van der Waals surface area contributed by atoms with E-state index in [1.54, 1.807) is 0 Å². The molecule has 1 rings (SSSR count). The second-order valence-electron chi connectivity index (χ2n) is 4.66. The van der Waals surface area contributed by atoms with E-state index >= 15 is 0 Å². The summed E-state index contributed by atoms with van der Waals surface area (Å²) in [4.78, 5) is 23.1. The molecule has 0 heterocycles. The Hall–Kier alpha value is -0.770. The SMILES string of the molecule is CCOC(=O)C1CCC(NC(=O)CCCCl)CC1. The fourth-order valence-electron chi connectivity index (χ4n) is 2.26. The average Bonchev–Trinajstić information content (AvgIpc) is 2.37. The molecule has 1 aliphatic rings. The normalized spacial score (nSPS) is 23.4. The molecule has 0 aliphatic heterocycles. The minimum atomic E-state index is -0.0931. The van der Waals surface area contributed by atoms with Gasteiger partial charge < -0.3 is 10.1 Å². The molecule has 0 unspecified atom stereocenters. The molecule has 1 N–H and O–H groups in total. The van der Waals surface area contributed by atoms with E-state index in [0.29, 0.717) is 25.3 Å². The minimum Gasteiger partial charge on any atom is -0.466 e. The van der Waals surface area contributed by atoms with Gasteiger partial charge >= 0.3 is 5.97 Å². The average molecular weight is 276 g/mol. The molecule has 1 aliphatic carbocycles. The number of hydrogen-bond donors (Lipinski definition) is 1. The zero-order valence-corrected chi connectivity index (χ0v) is 11.7. The number of carbonyl (C=O) groups excluding carboxylic acids is 2. The van der Waals surface area contributed by atoms with Crippen LogP contribution in [0.5, 0.6) is 0 Å². The van der Waals surface area contributed by atoms with Gasteiger partial charge in [-0.25, -0.2) is 0 Å². The van der Waals surface area contributed by atoms with Crippen LogP contribution in [0.1, 0.15) is 45.4 Å². The highest BCUT2D eigenvalue weighted by molar-refractivity contribution is 6.17. The number of alkyl halides is 1. The van der Waals surface area contributed by atoms with Crippen LogP contribution in [0.3, 0.4) is 0 Å². The first kappa shape index (κ1) is 15.3. The summed E-state index contributed by atoms with van der Waals surface area (Å²) in [6.45, 7) is 2.26. The van der Waals surface area contributed by atoms with E-state index < -0.39 is 0 Å². The number of nitrogens with one attached hydrogen (secondary N) is 1. The fraction of sp³-hybridized carbons (Fsp3) is 0.846. The van der Waals surface area contributed by atoms with E-state index in [2.05, 4.69) is 5.32 Å². The van der Waals surface area contributed by atoms with E-state index in [4.69, 9.17) is 16.3 Å². The van der Waals surface area contributed by atoms with Crippen molar-refractivity contribution in [2.45, 2.75) is 51.5 Å². The van der Waals surface area contributed by atoms with Gasteiger partial charge in [-0.05, 0) is 39.0 Å². The van der Waals surface area contributed by atoms with Crippen molar-refractivity contribution >= 4 is 23.5 Å². The Balaban J connectivity index is 2.22. The van der Waals surface area contributed by atoms with E-state index in [-0.39, 0.29) is 23.8 Å². The van der Waals surface area contributed by atoms with Gasteiger partial charge in [-0.1, -0.05) is 0 Å². The van der Waals surface area contributed by atoms with Crippen molar-refractivity contribution in [3.63, 3.8) is 0 Å². The number of rotatable bonds is 6. The van der Waals surface area contributed by atoms with Crippen LogP contribution < -0.4 is 5.32 Å². The highest BCUT2D eigenvalue weighted by atomic mass is 35.5. The molecule has 0 saturated heterocycles. The molecule has 0 spiro atoms. The first-order valence-corrected chi connectivity index (χ1v) is 7.22. The Labute approximate surface area is 113 Å². The zero-order valence-electron chi connectivity index (χ0n) is 10.9. The zero-order chi connectivity index (χ0) is 13.4. The van der Waals surface area contributed by atoms with Crippen molar-refractivity contribution in [1.29, 1.82) is 0 Å². The van der Waals surface area contributed by atoms with Crippen molar-refractivity contribution < 1.29 is 14.3 Å². The Morgan fingerprint density at radius 3 is 2.50 bits per heavy atom. The summed E-state index contributed by atoms with van der Waals surface area (Å²) in [5.74, 6) is 0.504. The Morgan fingerprint density at radius 2 is 1.94 bits per heavy atom. The van der Waals surface area contributed by atoms with Crippen molar-refractivity contribution in [1.82, 2.24) is 5.32 Å². The topological polar surface area (TPSA) is 55.4 Å². The maximum atomic E-state index is 11.5. The van der Waals surface area contributed by atoms with Gasteiger partial charge in [0.25, 0.3) is 0 Å².